The molecule has 1 aliphatic heterocycles. The largest absolute Gasteiger partial charge is 0.494 e. The first-order valence-electron chi connectivity index (χ1n) is 11.1. The predicted molar refractivity (Wildman–Crippen MR) is 120 cm³/mol. The van der Waals surface area contributed by atoms with Crippen molar-refractivity contribution in [3.8, 4) is 11.5 Å². The van der Waals surface area contributed by atoms with E-state index in [4.69, 9.17) is 9.47 Å². The summed E-state index contributed by atoms with van der Waals surface area (Å²) < 4.78 is 11.3. The van der Waals surface area contributed by atoms with Gasteiger partial charge in [0.1, 0.15) is 11.5 Å². The summed E-state index contributed by atoms with van der Waals surface area (Å²) in [5.41, 5.74) is 1.27. The van der Waals surface area contributed by atoms with Gasteiger partial charge in [-0.15, -0.1) is 0 Å². The van der Waals surface area contributed by atoms with Gasteiger partial charge in [0.25, 0.3) is 5.91 Å². The van der Waals surface area contributed by atoms with Gasteiger partial charge in [-0.2, -0.15) is 0 Å². The van der Waals surface area contributed by atoms with E-state index in [2.05, 4.69) is 6.92 Å². The lowest BCUT2D eigenvalue weighted by atomic mass is 10.1. The predicted octanol–water partition coefficient (Wildman–Crippen LogP) is 3.55. The molecule has 2 amide bonds. The smallest absolute Gasteiger partial charge is 0.260 e. The Hall–Kier alpha value is -3.02. The number of hydrogen-bond donors (Lipinski definition) is 0. The Balaban J connectivity index is 1.31. The molecule has 0 unspecified atom stereocenters. The van der Waals surface area contributed by atoms with Gasteiger partial charge in [0.2, 0.25) is 5.91 Å². The summed E-state index contributed by atoms with van der Waals surface area (Å²) in [5.74, 6) is 1.61. The number of benzene rings is 2. The van der Waals surface area contributed by atoms with E-state index in [-0.39, 0.29) is 18.4 Å². The van der Waals surface area contributed by atoms with E-state index in [0.717, 1.165) is 18.6 Å². The third kappa shape index (κ3) is 7.31. The van der Waals surface area contributed by atoms with Crippen molar-refractivity contribution < 1.29 is 19.1 Å². The number of rotatable bonds is 10. The maximum absolute atomic E-state index is 12.4. The second-order valence-electron chi connectivity index (χ2n) is 7.71. The Morgan fingerprint density at radius 3 is 2.06 bits per heavy atom. The summed E-state index contributed by atoms with van der Waals surface area (Å²) in [6, 6.07) is 17.5. The number of carbonyl (C=O) groups is 2. The summed E-state index contributed by atoms with van der Waals surface area (Å²) in [7, 11) is 0. The third-order valence-electron chi connectivity index (χ3n) is 5.36. The number of amides is 2. The summed E-state index contributed by atoms with van der Waals surface area (Å²) in [4.78, 5) is 28.5. The highest BCUT2D eigenvalue weighted by atomic mass is 16.5. The number of ether oxygens (including phenoxy) is 2. The second kappa shape index (κ2) is 12.0. The Bertz CT molecular complexity index is 815. The van der Waals surface area contributed by atoms with Crippen molar-refractivity contribution in [3.63, 3.8) is 0 Å². The molecular weight excluding hydrogens is 392 g/mol. The zero-order valence-electron chi connectivity index (χ0n) is 18.3. The molecule has 0 aliphatic carbocycles. The lowest BCUT2D eigenvalue weighted by Crippen LogP contribution is -2.51. The van der Waals surface area contributed by atoms with E-state index in [1.807, 2.05) is 59.5 Å². The van der Waals surface area contributed by atoms with Crippen molar-refractivity contribution in [2.24, 2.45) is 0 Å². The van der Waals surface area contributed by atoms with Crippen LogP contribution in [0.25, 0.3) is 0 Å². The minimum Gasteiger partial charge on any atom is -0.494 e. The molecular formula is C25H32N2O4. The Kier molecular flexibility index (Phi) is 8.76. The van der Waals surface area contributed by atoms with Gasteiger partial charge in [0.15, 0.2) is 6.61 Å². The fourth-order valence-corrected chi connectivity index (χ4v) is 3.57. The average Bonchev–Trinajstić information content (AvgIpc) is 2.82. The van der Waals surface area contributed by atoms with Crippen molar-refractivity contribution in [2.75, 3.05) is 39.4 Å². The topological polar surface area (TPSA) is 59.1 Å². The quantitative estimate of drug-likeness (QED) is 0.548. The van der Waals surface area contributed by atoms with E-state index in [1.54, 1.807) is 4.90 Å². The van der Waals surface area contributed by atoms with Crippen molar-refractivity contribution in [2.45, 2.75) is 32.6 Å². The highest BCUT2D eigenvalue weighted by Crippen LogP contribution is 2.14. The monoisotopic (exact) mass is 424 g/mol. The van der Waals surface area contributed by atoms with E-state index >= 15 is 0 Å². The molecule has 3 rings (SSSR count). The van der Waals surface area contributed by atoms with Gasteiger partial charge in [0, 0.05) is 32.6 Å². The van der Waals surface area contributed by atoms with Crippen LogP contribution in [0, 0.1) is 0 Å². The number of hydrogen-bond acceptors (Lipinski definition) is 4. The number of aryl methyl sites for hydroxylation is 1. The SMILES string of the molecule is CCCc1ccc(OCC(=O)N2CCN(C(=O)CCCOc3ccccc3)CC2)cc1. The van der Waals surface area contributed by atoms with Crippen molar-refractivity contribution in [1.82, 2.24) is 9.80 Å². The number of carbonyl (C=O) groups excluding carboxylic acids is 2. The molecule has 6 heteroatoms. The van der Waals surface area contributed by atoms with Crippen LogP contribution in [0.2, 0.25) is 0 Å². The zero-order valence-corrected chi connectivity index (χ0v) is 18.3. The highest BCUT2D eigenvalue weighted by Gasteiger charge is 2.24. The number of nitrogens with zero attached hydrogens (tertiary/aromatic N) is 2. The molecule has 0 spiro atoms. The fourth-order valence-electron chi connectivity index (χ4n) is 3.57. The summed E-state index contributed by atoms with van der Waals surface area (Å²) in [5, 5.41) is 0. The summed E-state index contributed by atoms with van der Waals surface area (Å²) in [6.45, 7) is 4.92. The molecule has 2 aromatic rings. The Labute approximate surface area is 184 Å². The van der Waals surface area contributed by atoms with Gasteiger partial charge < -0.3 is 19.3 Å². The molecule has 0 aromatic heterocycles. The maximum atomic E-state index is 12.4. The van der Waals surface area contributed by atoms with Crippen LogP contribution in [0.15, 0.2) is 54.6 Å². The normalized spacial score (nSPS) is 13.7. The molecule has 0 atom stereocenters. The van der Waals surface area contributed by atoms with Crippen LogP contribution in [-0.4, -0.2) is 61.0 Å². The Morgan fingerprint density at radius 1 is 0.806 bits per heavy atom. The van der Waals surface area contributed by atoms with Crippen LogP contribution >= 0.6 is 0 Å². The first-order chi connectivity index (χ1) is 15.2. The molecule has 0 N–H and O–H groups in total. The van der Waals surface area contributed by atoms with Crippen LogP contribution in [0.1, 0.15) is 31.7 Å². The van der Waals surface area contributed by atoms with Gasteiger partial charge >= 0.3 is 0 Å². The lowest BCUT2D eigenvalue weighted by molar-refractivity contribution is -0.140. The molecule has 2 aromatic carbocycles. The van der Waals surface area contributed by atoms with Gasteiger partial charge in [-0.25, -0.2) is 0 Å². The van der Waals surface area contributed by atoms with Gasteiger partial charge in [-0.3, -0.25) is 9.59 Å². The van der Waals surface area contributed by atoms with Crippen molar-refractivity contribution >= 4 is 11.8 Å². The molecule has 1 fully saturated rings. The summed E-state index contributed by atoms with van der Waals surface area (Å²) in [6.07, 6.45) is 3.28. The van der Waals surface area contributed by atoms with Gasteiger partial charge in [0.05, 0.1) is 6.61 Å². The van der Waals surface area contributed by atoms with Gasteiger partial charge in [-0.1, -0.05) is 43.7 Å². The first-order valence-corrected chi connectivity index (χ1v) is 11.1. The molecule has 1 heterocycles. The number of para-hydroxylation sites is 1. The fraction of sp³-hybridized carbons (Fsp3) is 0.440. The molecule has 1 aliphatic rings. The van der Waals surface area contributed by atoms with Crippen LogP contribution in [0.5, 0.6) is 11.5 Å². The lowest BCUT2D eigenvalue weighted by Gasteiger charge is -2.34. The Morgan fingerprint density at radius 2 is 1.42 bits per heavy atom. The van der Waals surface area contributed by atoms with Crippen molar-refractivity contribution in [3.05, 3.63) is 60.2 Å². The number of piperazine rings is 1. The summed E-state index contributed by atoms with van der Waals surface area (Å²) >= 11 is 0. The van der Waals surface area contributed by atoms with E-state index in [1.165, 1.54) is 5.56 Å². The molecule has 1 saturated heterocycles. The third-order valence-corrected chi connectivity index (χ3v) is 5.36. The van der Waals surface area contributed by atoms with Crippen LogP contribution in [0.3, 0.4) is 0 Å². The van der Waals surface area contributed by atoms with E-state index < -0.39 is 0 Å². The van der Waals surface area contributed by atoms with Crippen LogP contribution in [-0.2, 0) is 16.0 Å². The van der Waals surface area contributed by atoms with E-state index in [9.17, 15) is 9.59 Å². The minimum absolute atomic E-state index is 0.0257. The second-order valence-corrected chi connectivity index (χ2v) is 7.71. The van der Waals surface area contributed by atoms with Gasteiger partial charge in [-0.05, 0) is 42.7 Å². The molecule has 0 bridgehead atoms. The molecule has 6 nitrogen and oxygen atoms in total. The zero-order chi connectivity index (χ0) is 21.9. The maximum Gasteiger partial charge on any atom is 0.260 e. The molecule has 0 radical (unpaired) electrons. The standard InChI is InChI=1S/C25H32N2O4/c1-2-7-21-11-13-23(14-12-21)31-20-25(29)27-17-15-26(16-18-27)24(28)10-6-19-30-22-8-4-3-5-9-22/h3-5,8-9,11-14H,2,6-7,10,15-20H2,1H3. The van der Waals surface area contributed by atoms with Crippen molar-refractivity contribution in [1.29, 1.82) is 0 Å². The molecule has 166 valence electrons. The minimum atomic E-state index is -0.0407. The van der Waals surface area contributed by atoms with E-state index in [0.29, 0.717) is 51.4 Å². The van der Waals surface area contributed by atoms with Crippen LogP contribution in [0.4, 0.5) is 0 Å². The first kappa shape index (κ1) is 22.7. The van der Waals surface area contributed by atoms with Crippen LogP contribution < -0.4 is 9.47 Å². The highest BCUT2D eigenvalue weighted by molar-refractivity contribution is 5.79. The average molecular weight is 425 g/mol. The molecule has 31 heavy (non-hydrogen) atoms. The molecule has 0 saturated carbocycles.